The molecule has 0 saturated heterocycles. The molecule has 4 nitrogen and oxygen atoms in total. The van der Waals surface area contributed by atoms with Crippen molar-refractivity contribution in [3.05, 3.63) is 22.8 Å². The third kappa shape index (κ3) is 2.56. The Labute approximate surface area is 106 Å². The summed E-state index contributed by atoms with van der Waals surface area (Å²) < 4.78 is 1.81. The highest BCUT2D eigenvalue weighted by molar-refractivity contribution is 7.15. The lowest BCUT2D eigenvalue weighted by Gasteiger charge is -2.03. The molecule has 2 aromatic rings. The summed E-state index contributed by atoms with van der Waals surface area (Å²) in [7, 11) is 3.89. The lowest BCUT2D eigenvalue weighted by Crippen LogP contribution is -2.06. The maximum absolute atomic E-state index is 4.71. The number of hydrogen-bond donors (Lipinski definition) is 1. The van der Waals surface area contributed by atoms with Crippen LogP contribution in [0.25, 0.3) is 10.7 Å². The van der Waals surface area contributed by atoms with E-state index < -0.39 is 0 Å². The number of nitrogens with one attached hydrogen (secondary N) is 1. The second-order valence-corrected chi connectivity index (χ2v) is 5.47. The van der Waals surface area contributed by atoms with Crippen LogP contribution < -0.4 is 5.32 Å². The molecule has 5 heteroatoms. The van der Waals surface area contributed by atoms with Crippen molar-refractivity contribution in [2.24, 2.45) is 7.05 Å². The second kappa shape index (κ2) is 4.98. The van der Waals surface area contributed by atoms with Gasteiger partial charge in [-0.25, -0.2) is 4.98 Å². The fourth-order valence-corrected chi connectivity index (χ4v) is 2.93. The molecule has 0 aliphatic heterocycles. The van der Waals surface area contributed by atoms with Gasteiger partial charge in [-0.2, -0.15) is 5.10 Å². The lowest BCUT2D eigenvalue weighted by molar-refractivity contribution is 0.765. The Morgan fingerprint density at radius 2 is 2.24 bits per heavy atom. The SMILES string of the molecule is CNCc1sc(-c2ccn(C)n2)nc1C(C)C. The van der Waals surface area contributed by atoms with Crippen molar-refractivity contribution in [1.29, 1.82) is 0 Å². The molecule has 0 atom stereocenters. The van der Waals surface area contributed by atoms with Crippen LogP contribution in [0.2, 0.25) is 0 Å². The topological polar surface area (TPSA) is 42.7 Å². The standard InChI is InChI=1S/C12H18N4S/c1-8(2)11-10(7-13-3)17-12(14-11)9-5-6-16(4)15-9/h5-6,8,13H,7H2,1-4H3. The molecular formula is C12H18N4S. The van der Waals surface area contributed by atoms with E-state index in [0.29, 0.717) is 5.92 Å². The highest BCUT2D eigenvalue weighted by atomic mass is 32.1. The Morgan fingerprint density at radius 1 is 1.47 bits per heavy atom. The predicted octanol–water partition coefficient (Wildman–Crippen LogP) is 2.39. The zero-order chi connectivity index (χ0) is 12.4. The van der Waals surface area contributed by atoms with E-state index in [1.807, 2.05) is 31.0 Å². The molecule has 17 heavy (non-hydrogen) atoms. The van der Waals surface area contributed by atoms with Gasteiger partial charge in [0, 0.05) is 24.7 Å². The molecule has 2 aromatic heterocycles. The van der Waals surface area contributed by atoms with E-state index in [1.54, 1.807) is 11.3 Å². The van der Waals surface area contributed by atoms with Gasteiger partial charge in [0.15, 0.2) is 0 Å². The van der Waals surface area contributed by atoms with Crippen LogP contribution in [-0.2, 0) is 13.6 Å². The molecular weight excluding hydrogens is 232 g/mol. The first-order chi connectivity index (χ1) is 8.11. The average Bonchev–Trinajstić information content (AvgIpc) is 2.85. The van der Waals surface area contributed by atoms with Crippen molar-refractivity contribution in [2.45, 2.75) is 26.3 Å². The van der Waals surface area contributed by atoms with Crippen molar-refractivity contribution in [1.82, 2.24) is 20.1 Å². The van der Waals surface area contributed by atoms with Gasteiger partial charge in [-0.3, -0.25) is 4.68 Å². The average molecular weight is 250 g/mol. The highest BCUT2D eigenvalue weighted by Crippen LogP contribution is 2.30. The maximum Gasteiger partial charge on any atom is 0.144 e. The van der Waals surface area contributed by atoms with Gasteiger partial charge in [-0.15, -0.1) is 11.3 Å². The van der Waals surface area contributed by atoms with E-state index >= 15 is 0 Å². The van der Waals surface area contributed by atoms with E-state index in [9.17, 15) is 0 Å². The molecule has 0 fully saturated rings. The number of aryl methyl sites for hydroxylation is 1. The Bertz CT molecular complexity index is 498. The van der Waals surface area contributed by atoms with Gasteiger partial charge in [-0.1, -0.05) is 13.8 Å². The Balaban J connectivity index is 2.39. The summed E-state index contributed by atoms with van der Waals surface area (Å²) in [5.41, 5.74) is 2.15. The van der Waals surface area contributed by atoms with E-state index in [4.69, 9.17) is 4.98 Å². The normalized spacial score (nSPS) is 11.4. The zero-order valence-corrected chi connectivity index (χ0v) is 11.5. The van der Waals surface area contributed by atoms with Crippen LogP contribution >= 0.6 is 11.3 Å². The van der Waals surface area contributed by atoms with Crippen LogP contribution in [-0.4, -0.2) is 21.8 Å². The molecule has 0 unspecified atom stereocenters. The maximum atomic E-state index is 4.71. The van der Waals surface area contributed by atoms with Crippen LogP contribution in [0, 0.1) is 0 Å². The van der Waals surface area contributed by atoms with Gasteiger partial charge in [0.1, 0.15) is 10.7 Å². The molecule has 0 bridgehead atoms. The quantitative estimate of drug-likeness (QED) is 0.906. The predicted molar refractivity (Wildman–Crippen MR) is 71.2 cm³/mol. The summed E-state index contributed by atoms with van der Waals surface area (Å²) >= 11 is 1.73. The first-order valence-electron chi connectivity index (χ1n) is 5.76. The van der Waals surface area contributed by atoms with Crippen molar-refractivity contribution >= 4 is 11.3 Å². The number of aromatic nitrogens is 3. The van der Waals surface area contributed by atoms with Gasteiger partial charge < -0.3 is 5.32 Å². The summed E-state index contributed by atoms with van der Waals surface area (Å²) in [5.74, 6) is 0.451. The first-order valence-corrected chi connectivity index (χ1v) is 6.57. The minimum Gasteiger partial charge on any atom is -0.315 e. The van der Waals surface area contributed by atoms with Crippen molar-refractivity contribution in [2.75, 3.05) is 7.05 Å². The van der Waals surface area contributed by atoms with Crippen molar-refractivity contribution in [3.8, 4) is 10.7 Å². The van der Waals surface area contributed by atoms with Crippen LogP contribution in [0.4, 0.5) is 0 Å². The fourth-order valence-electron chi connectivity index (χ4n) is 1.74. The zero-order valence-electron chi connectivity index (χ0n) is 10.7. The third-order valence-electron chi connectivity index (χ3n) is 2.54. The lowest BCUT2D eigenvalue weighted by atomic mass is 10.1. The van der Waals surface area contributed by atoms with Gasteiger partial charge in [0.05, 0.1) is 5.69 Å². The molecule has 0 aromatic carbocycles. The summed E-state index contributed by atoms with van der Waals surface area (Å²) in [4.78, 5) is 6.02. The van der Waals surface area contributed by atoms with Crippen LogP contribution in [0.3, 0.4) is 0 Å². The number of nitrogens with zero attached hydrogens (tertiary/aromatic N) is 3. The molecule has 92 valence electrons. The van der Waals surface area contributed by atoms with Crippen molar-refractivity contribution in [3.63, 3.8) is 0 Å². The Hall–Kier alpha value is -1.20. The minimum atomic E-state index is 0.451. The molecule has 0 amide bonds. The summed E-state index contributed by atoms with van der Waals surface area (Å²) in [5, 5.41) is 8.61. The second-order valence-electron chi connectivity index (χ2n) is 4.39. The largest absolute Gasteiger partial charge is 0.315 e. The molecule has 1 N–H and O–H groups in total. The van der Waals surface area contributed by atoms with Crippen LogP contribution in [0.1, 0.15) is 30.3 Å². The van der Waals surface area contributed by atoms with Gasteiger partial charge in [0.2, 0.25) is 0 Å². The summed E-state index contributed by atoms with van der Waals surface area (Å²) in [6.45, 7) is 5.23. The Morgan fingerprint density at radius 3 is 2.76 bits per heavy atom. The van der Waals surface area contributed by atoms with Gasteiger partial charge >= 0.3 is 0 Å². The molecule has 2 rings (SSSR count). The van der Waals surface area contributed by atoms with E-state index in [1.165, 1.54) is 10.6 Å². The number of hydrogen-bond acceptors (Lipinski definition) is 4. The summed E-state index contributed by atoms with van der Waals surface area (Å²) in [6, 6.07) is 2.01. The Kier molecular flexibility index (Phi) is 3.59. The third-order valence-corrected chi connectivity index (χ3v) is 3.64. The van der Waals surface area contributed by atoms with Gasteiger partial charge in [-0.05, 0) is 19.0 Å². The number of thiazole rings is 1. The fraction of sp³-hybridized carbons (Fsp3) is 0.500. The molecule has 0 aliphatic carbocycles. The van der Waals surface area contributed by atoms with E-state index in [-0.39, 0.29) is 0 Å². The molecule has 0 spiro atoms. The smallest absolute Gasteiger partial charge is 0.144 e. The highest BCUT2D eigenvalue weighted by Gasteiger charge is 2.15. The molecule has 0 radical (unpaired) electrons. The van der Waals surface area contributed by atoms with Crippen LogP contribution in [0.5, 0.6) is 0 Å². The minimum absolute atomic E-state index is 0.451. The van der Waals surface area contributed by atoms with Crippen LogP contribution in [0.15, 0.2) is 12.3 Å². The molecule has 2 heterocycles. The monoisotopic (exact) mass is 250 g/mol. The number of rotatable bonds is 4. The first kappa shape index (κ1) is 12.3. The summed E-state index contributed by atoms with van der Waals surface area (Å²) in [6.07, 6.45) is 1.95. The van der Waals surface area contributed by atoms with Gasteiger partial charge in [0.25, 0.3) is 0 Å². The van der Waals surface area contributed by atoms with E-state index in [0.717, 1.165) is 17.2 Å². The molecule has 0 saturated carbocycles. The van der Waals surface area contributed by atoms with Crippen molar-refractivity contribution < 1.29 is 0 Å². The molecule has 0 aliphatic rings. The van der Waals surface area contributed by atoms with E-state index in [2.05, 4.69) is 24.3 Å².